The van der Waals surface area contributed by atoms with Crippen molar-refractivity contribution in [1.29, 1.82) is 0 Å². The topological polar surface area (TPSA) is 80.1 Å². The van der Waals surface area contributed by atoms with Crippen LogP contribution in [0.5, 0.6) is 5.75 Å². The molecule has 6 heteroatoms. The molecular formula is C15H12N3O3-. The predicted molar refractivity (Wildman–Crippen MR) is 74.1 cm³/mol. The van der Waals surface area contributed by atoms with Crippen molar-refractivity contribution in [2.24, 2.45) is 0 Å². The number of aromatic nitrogens is 3. The molecule has 0 N–H and O–H groups in total. The Balaban J connectivity index is 2.06. The molecule has 0 aliphatic carbocycles. The third kappa shape index (κ3) is 2.69. The van der Waals surface area contributed by atoms with Crippen LogP contribution in [0.1, 0.15) is 5.56 Å². The van der Waals surface area contributed by atoms with E-state index in [4.69, 9.17) is 4.74 Å². The number of hydrogen-bond acceptors (Lipinski definition) is 5. The van der Waals surface area contributed by atoms with E-state index in [9.17, 15) is 9.90 Å². The van der Waals surface area contributed by atoms with Crippen molar-refractivity contribution in [1.82, 2.24) is 15.0 Å². The Morgan fingerprint density at radius 1 is 1.19 bits per heavy atom. The van der Waals surface area contributed by atoms with Crippen LogP contribution in [0, 0.1) is 6.92 Å². The largest absolute Gasteiger partial charge is 0.546 e. The summed E-state index contributed by atoms with van der Waals surface area (Å²) in [5, 5.41) is 19.3. The highest BCUT2D eigenvalue weighted by Crippen LogP contribution is 2.24. The first-order valence-electron chi connectivity index (χ1n) is 6.39. The van der Waals surface area contributed by atoms with Gasteiger partial charge in [-0.05, 0) is 36.8 Å². The van der Waals surface area contributed by atoms with E-state index in [-0.39, 0.29) is 0 Å². The molecule has 6 nitrogen and oxygen atoms in total. The zero-order chi connectivity index (χ0) is 14.8. The number of ether oxygens (including phenoxy) is 1. The lowest BCUT2D eigenvalue weighted by atomic mass is 10.2. The van der Waals surface area contributed by atoms with E-state index in [0.29, 0.717) is 11.4 Å². The predicted octanol–water partition coefficient (Wildman–Crippen LogP) is 0.858. The van der Waals surface area contributed by atoms with Crippen LogP contribution < -0.4 is 9.84 Å². The summed E-state index contributed by atoms with van der Waals surface area (Å²) in [6.45, 7) is 1.41. The van der Waals surface area contributed by atoms with Crippen LogP contribution >= 0.6 is 0 Å². The summed E-state index contributed by atoms with van der Waals surface area (Å²) in [6.07, 6.45) is 0. The Morgan fingerprint density at radius 2 is 1.86 bits per heavy atom. The molecule has 1 aromatic heterocycles. The van der Waals surface area contributed by atoms with E-state index >= 15 is 0 Å². The van der Waals surface area contributed by atoms with Gasteiger partial charge in [0.15, 0.2) is 0 Å². The summed E-state index contributed by atoms with van der Waals surface area (Å²) < 4.78 is 5.24. The Kier molecular flexibility index (Phi) is 3.27. The van der Waals surface area contributed by atoms with E-state index < -0.39 is 12.6 Å². The number of carboxylic acids is 1. The van der Waals surface area contributed by atoms with Gasteiger partial charge in [-0.15, -0.1) is 15.0 Å². The number of rotatable bonds is 4. The molecule has 1 heterocycles. The van der Waals surface area contributed by atoms with Gasteiger partial charge in [0.1, 0.15) is 29.1 Å². The van der Waals surface area contributed by atoms with Gasteiger partial charge < -0.3 is 14.6 Å². The monoisotopic (exact) mass is 282 g/mol. The standard InChI is InChI=1S/C15H13N3O3/c1-10-6-7-14(21-9-15(19)20)13(8-10)18-16-11-4-2-3-5-12(11)17-18/h2-8H,9H2,1H3,(H,19,20)/p-1. The number of aryl methyl sites for hydroxylation is 1. The molecule has 0 aliphatic heterocycles. The second-order valence-corrected chi connectivity index (χ2v) is 4.61. The number of carbonyl (C=O) groups excluding carboxylic acids is 1. The minimum atomic E-state index is -1.28. The molecule has 0 unspecified atom stereocenters. The molecule has 106 valence electrons. The maximum absolute atomic E-state index is 10.6. The molecule has 3 rings (SSSR count). The first-order valence-corrected chi connectivity index (χ1v) is 6.39. The average Bonchev–Trinajstić information content (AvgIpc) is 2.89. The molecule has 21 heavy (non-hydrogen) atoms. The summed E-state index contributed by atoms with van der Waals surface area (Å²) in [5.41, 5.74) is 3.09. The average molecular weight is 282 g/mol. The fourth-order valence-corrected chi connectivity index (χ4v) is 2.01. The number of carbonyl (C=O) groups is 1. The Morgan fingerprint density at radius 3 is 2.48 bits per heavy atom. The quantitative estimate of drug-likeness (QED) is 0.709. The zero-order valence-corrected chi connectivity index (χ0v) is 11.3. The van der Waals surface area contributed by atoms with Gasteiger partial charge >= 0.3 is 0 Å². The molecule has 0 bridgehead atoms. The number of benzene rings is 2. The van der Waals surface area contributed by atoms with Gasteiger partial charge in [-0.3, -0.25) is 0 Å². The van der Waals surface area contributed by atoms with Gasteiger partial charge in [0.25, 0.3) is 0 Å². The number of nitrogens with zero attached hydrogens (tertiary/aromatic N) is 3. The smallest absolute Gasteiger partial charge is 0.147 e. The van der Waals surface area contributed by atoms with Crippen molar-refractivity contribution in [3.05, 3.63) is 48.0 Å². The summed E-state index contributed by atoms with van der Waals surface area (Å²) in [6, 6.07) is 12.8. The van der Waals surface area contributed by atoms with Gasteiger partial charge in [-0.2, -0.15) is 0 Å². The lowest BCUT2D eigenvalue weighted by Gasteiger charge is -2.11. The van der Waals surface area contributed by atoms with Gasteiger partial charge in [-0.1, -0.05) is 18.2 Å². The van der Waals surface area contributed by atoms with E-state index in [1.165, 1.54) is 4.80 Å². The van der Waals surface area contributed by atoms with E-state index in [0.717, 1.165) is 16.6 Å². The molecule has 0 fully saturated rings. The molecule has 2 aromatic carbocycles. The van der Waals surface area contributed by atoms with Crippen molar-refractivity contribution >= 4 is 17.0 Å². The van der Waals surface area contributed by atoms with Crippen LogP contribution in [-0.2, 0) is 4.79 Å². The molecule has 0 amide bonds. The van der Waals surface area contributed by atoms with Crippen molar-refractivity contribution < 1.29 is 14.6 Å². The van der Waals surface area contributed by atoms with Crippen LogP contribution in [0.15, 0.2) is 42.5 Å². The third-order valence-electron chi connectivity index (χ3n) is 2.96. The maximum atomic E-state index is 10.6. The van der Waals surface area contributed by atoms with Gasteiger partial charge in [-0.25, -0.2) is 0 Å². The highest BCUT2D eigenvalue weighted by atomic mass is 16.5. The van der Waals surface area contributed by atoms with Crippen molar-refractivity contribution in [3.63, 3.8) is 0 Å². The molecule has 0 radical (unpaired) electrons. The van der Waals surface area contributed by atoms with Gasteiger partial charge in [0.05, 0.1) is 5.97 Å². The molecular weight excluding hydrogens is 270 g/mol. The second kappa shape index (κ2) is 5.24. The second-order valence-electron chi connectivity index (χ2n) is 4.61. The molecule has 0 saturated carbocycles. The number of hydrogen-bond donors (Lipinski definition) is 0. The fraction of sp³-hybridized carbons (Fsp3) is 0.133. The lowest BCUT2D eigenvalue weighted by Crippen LogP contribution is -2.29. The van der Waals surface area contributed by atoms with Crippen LogP contribution in [0.3, 0.4) is 0 Å². The molecule has 0 spiro atoms. The highest BCUT2D eigenvalue weighted by molar-refractivity contribution is 5.73. The van der Waals surface area contributed by atoms with Crippen LogP contribution in [0.25, 0.3) is 16.7 Å². The highest BCUT2D eigenvalue weighted by Gasteiger charge is 2.10. The normalized spacial score (nSPS) is 10.7. The molecule has 0 saturated heterocycles. The number of fused-ring (bicyclic) bond motifs is 1. The minimum absolute atomic E-state index is 0.394. The minimum Gasteiger partial charge on any atom is -0.546 e. The summed E-state index contributed by atoms with van der Waals surface area (Å²) in [4.78, 5) is 12.0. The third-order valence-corrected chi connectivity index (χ3v) is 2.96. The Hall–Kier alpha value is -2.89. The first-order chi connectivity index (χ1) is 10.1. The van der Waals surface area contributed by atoms with E-state index in [1.807, 2.05) is 43.3 Å². The zero-order valence-electron chi connectivity index (χ0n) is 11.3. The van der Waals surface area contributed by atoms with Crippen LogP contribution in [-0.4, -0.2) is 27.6 Å². The summed E-state index contributed by atoms with van der Waals surface area (Å²) in [5.74, 6) is -0.884. The van der Waals surface area contributed by atoms with Crippen molar-refractivity contribution in [2.45, 2.75) is 6.92 Å². The van der Waals surface area contributed by atoms with Crippen molar-refractivity contribution in [2.75, 3.05) is 6.61 Å². The summed E-state index contributed by atoms with van der Waals surface area (Å²) in [7, 11) is 0. The first kappa shape index (κ1) is 13.1. The van der Waals surface area contributed by atoms with E-state index in [2.05, 4.69) is 10.2 Å². The fourth-order valence-electron chi connectivity index (χ4n) is 2.01. The van der Waals surface area contributed by atoms with Crippen LogP contribution in [0.4, 0.5) is 0 Å². The number of carboxylic acid groups (broad SMARTS) is 1. The van der Waals surface area contributed by atoms with Crippen molar-refractivity contribution in [3.8, 4) is 11.4 Å². The lowest BCUT2D eigenvalue weighted by molar-refractivity contribution is -0.307. The summed E-state index contributed by atoms with van der Waals surface area (Å²) >= 11 is 0. The van der Waals surface area contributed by atoms with Gasteiger partial charge in [0.2, 0.25) is 0 Å². The Bertz CT molecular complexity index is 778. The van der Waals surface area contributed by atoms with Gasteiger partial charge in [0, 0.05) is 0 Å². The maximum Gasteiger partial charge on any atom is 0.147 e. The molecule has 3 aromatic rings. The van der Waals surface area contributed by atoms with E-state index in [1.54, 1.807) is 6.07 Å². The number of aliphatic carboxylic acids is 1. The Labute approximate surface area is 120 Å². The van der Waals surface area contributed by atoms with Crippen LogP contribution in [0.2, 0.25) is 0 Å². The molecule has 0 atom stereocenters. The molecule has 0 aliphatic rings. The SMILES string of the molecule is Cc1ccc(OCC(=O)[O-])c(-n2nc3ccccc3n2)c1.